The minimum Gasteiger partial charge on any atom is -0.481 e. The van der Waals surface area contributed by atoms with E-state index in [2.05, 4.69) is 0 Å². The molecular weight excluding hydrogens is 380 g/mol. The van der Waals surface area contributed by atoms with Gasteiger partial charge in [0.1, 0.15) is 0 Å². The van der Waals surface area contributed by atoms with Crippen molar-refractivity contribution in [3.05, 3.63) is 0 Å². The highest BCUT2D eigenvalue weighted by atomic mass is 16.4. The first-order valence-electron chi connectivity index (χ1n) is 7.32. The first-order chi connectivity index (χ1) is 10.9. The lowest BCUT2D eigenvalue weighted by atomic mass is 9.46. The van der Waals surface area contributed by atoms with Crippen LogP contribution in [0.4, 0.5) is 0 Å². The van der Waals surface area contributed by atoms with Crippen LogP contribution in [0.25, 0.3) is 0 Å². The third-order valence-electron chi connectivity index (χ3n) is 5.04. The number of aliphatic carboxylic acids is 4. The van der Waals surface area contributed by atoms with E-state index in [0.717, 1.165) is 0 Å². The van der Waals surface area contributed by atoms with Crippen LogP contribution in [-0.4, -0.2) is 50.0 Å². The Bertz CT molecular complexity index is 536. The molecule has 0 unspecified atom stereocenters. The van der Waals surface area contributed by atoms with Gasteiger partial charge in [0.05, 0.1) is 31.3 Å². The van der Waals surface area contributed by atoms with Crippen LogP contribution in [0.3, 0.4) is 0 Å². The first-order valence-corrected chi connectivity index (χ1v) is 7.32. The highest BCUT2D eigenvalue weighted by Crippen LogP contribution is 2.60. The second-order valence-electron chi connectivity index (χ2n) is 6.54. The number of carboxylic acids is 4. The highest BCUT2D eigenvalue weighted by Gasteiger charge is 2.64. The van der Waals surface area contributed by atoms with Crippen molar-refractivity contribution in [2.45, 2.75) is 50.6 Å². The molecule has 0 bridgehead atoms. The summed E-state index contributed by atoms with van der Waals surface area (Å²) >= 11 is 0. The van der Waals surface area contributed by atoms with Gasteiger partial charge in [0.2, 0.25) is 0 Å². The average Bonchev–Trinajstić information content (AvgIpc) is 2.32. The number of rotatable bonds is 8. The van der Waals surface area contributed by atoms with Gasteiger partial charge in [-0.25, -0.2) is 0 Å². The van der Waals surface area contributed by atoms with E-state index in [1.165, 1.54) is 0 Å². The van der Waals surface area contributed by atoms with E-state index in [9.17, 15) is 39.6 Å². The van der Waals surface area contributed by atoms with Crippen molar-refractivity contribution in [3.63, 3.8) is 0 Å². The molecule has 0 aromatic heterocycles. The molecular formula is C14H34N6O8. The molecule has 28 heavy (non-hydrogen) atoms. The highest BCUT2D eigenvalue weighted by molar-refractivity contribution is 5.76. The Balaban J connectivity index is -0.000000720. The molecule has 20 N–H and O–H groups in total. The number of hydrogen-bond acceptors (Lipinski definition) is 10. The van der Waals surface area contributed by atoms with Crippen LogP contribution in [-0.2, 0) is 19.2 Å². The van der Waals surface area contributed by atoms with Gasteiger partial charge in [-0.15, -0.1) is 0 Å². The standard InChI is InChI=1S/C14H22N2O8.4H3N/c15-14(16)3-1-2-12(4-8(17)18,5-9(19)20)13(14,6-10(21)22)7-11(23)24;;;;/h1-7,15-16H2,(H,17,18)(H,19,20)(H,21,22)(H,23,24);4*1H3. The topological polar surface area (TPSA) is 341 Å². The molecule has 0 aliphatic heterocycles. The molecule has 0 aromatic carbocycles. The molecule has 1 aliphatic rings. The van der Waals surface area contributed by atoms with E-state index in [1.807, 2.05) is 0 Å². The van der Waals surface area contributed by atoms with Crippen molar-refractivity contribution in [1.82, 2.24) is 24.6 Å². The number of carboxylic acid groups (broad SMARTS) is 4. The van der Waals surface area contributed by atoms with Crippen LogP contribution in [0.2, 0.25) is 0 Å². The van der Waals surface area contributed by atoms with Crippen molar-refractivity contribution in [2.24, 2.45) is 22.3 Å². The van der Waals surface area contributed by atoms with E-state index in [4.69, 9.17) is 11.5 Å². The van der Waals surface area contributed by atoms with Crippen LogP contribution >= 0.6 is 0 Å². The summed E-state index contributed by atoms with van der Waals surface area (Å²) in [4.78, 5) is 45.5. The van der Waals surface area contributed by atoms with Crippen LogP contribution in [0.15, 0.2) is 0 Å². The summed E-state index contributed by atoms with van der Waals surface area (Å²) in [7, 11) is 0. The Kier molecular flexibility index (Phi) is 13.6. The maximum absolute atomic E-state index is 11.4. The largest absolute Gasteiger partial charge is 0.481 e. The lowest BCUT2D eigenvalue weighted by Crippen LogP contribution is -2.72. The summed E-state index contributed by atoms with van der Waals surface area (Å²) in [6, 6.07) is 0. The molecule has 168 valence electrons. The fraction of sp³-hybridized carbons (Fsp3) is 0.714. The summed E-state index contributed by atoms with van der Waals surface area (Å²) in [6.45, 7) is 0. The van der Waals surface area contributed by atoms with Crippen molar-refractivity contribution in [2.75, 3.05) is 0 Å². The molecule has 0 atom stereocenters. The zero-order valence-electron chi connectivity index (χ0n) is 15.9. The lowest BCUT2D eigenvalue weighted by molar-refractivity contribution is -0.176. The Morgan fingerprint density at radius 1 is 0.643 bits per heavy atom. The summed E-state index contributed by atoms with van der Waals surface area (Å²) in [5.41, 5.74) is 6.68. The van der Waals surface area contributed by atoms with Crippen LogP contribution in [0.5, 0.6) is 0 Å². The van der Waals surface area contributed by atoms with Crippen LogP contribution in [0.1, 0.15) is 44.9 Å². The third-order valence-corrected chi connectivity index (χ3v) is 5.04. The molecule has 14 heteroatoms. The molecule has 0 saturated heterocycles. The number of carbonyl (C=O) groups is 4. The Labute approximate surface area is 162 Å². The van der Waals surface area contributed by atoms with E-state index < -0.39 is 66.1 Å². The third kappa shape index (κ3) is 6.36. The predicted octanol–water partition coefficient (Wildman–Crippen LogP) is 0.304. The monoisotopic (exact) mass is 414 g/mol. The van der Waals surface area contributed by atoms with E-state index in [0.29, 0.717) is 0 Å². The fourth-order valence-corrected chi connectivity index (χ4v) is 4.13. The molecule has 0 amide bonds. The molecule has 1 aliphatic carbocycles. The van der Waals surface area contributed by atoms with Crippen molar-refractivity contribution in [1.29, 1.82) is 0 Å². The Hall–Kier alpha value is -2.36. The maximum atomic E-state index is 11.4. The van der Waals surface area contributed by atoms with Gasteiger partial charge in [-0.2, -0.15) is 0 Å². The molecule has 0 spiro atoms. The zero-order chi connectivity index (χ0) is 18.8. The minimum absolute atomic E-state index is 0. The van der Waals surface area contributed by atoms with E-state index in [1.54, 1.807) is 0 Å². The van der Waals surface area contributed by atoms with Gasteiger partial charge in [-0.05, 0) is 19.3 Å². The quantitative estimate of drug-likeness (QED) is 0.239. The number of nitrogens with two attached hydrogens (primary N) is 2. The fourth-order valence-electron chi connectivity index (χ4n) is 4.13. The number of hydrogen-bond donors (Lipinski definition) is 10. The van der Waals surface area contributed by atoms with E-state index in [-0.39, 0.29) is 43.9 Å². The second-order valence-corrected chi connectivity index (χ2v) is 6.54. The van der Waals surface area contributed by atoms with Crippen LogP contribution < -0.4 is 36.1 Å². The minimum atomic E-state index is -1.91. The Morgan fingerprint density at radius 3 is 1.25 bits per heavy atom. The van der Waals surface area contributed by atoms with Gasteiger partial charge < -0.3 is 56.5 Å². The first kappa shape index (κ1) is 33.2. The predicted molar refractivity (Wildman–Crippen MR) is 98.9 cm³/mol. The smallest absolute Gasteiger partial charge is 0.304 e. The van der Waals surface area contributed by atoms with Gasteiger partial charge in [-0.1, -0.05) is 0 Å². The summed E-state index contributed by atoms with van der Waals surface area (Å²) < 4.78 is 0. The van der Waals surface area contributed by atoms with Gasteiger partial charge >= 0.3 is 23.9 Å². The molecule has 0 aromatic rings. The van der Waals surface area contributed by atoms with Crippen molar-refractivity contribution >= 4 is 23.9 Å². The van der Waals surface area contributed by atoms with Crippen LogP contribution in [0, 0.1) is 10.8 Å². The van der Waals surface area contributed by atoms with E-state index >= 15 is 0 Å². The van der Waals surface area contributed by atoms with Gasteiger partial charge in [0, 0.05) is 10.8 Å². The van der Waals surface area contributed by atoms with Gasteiger partial charge in [0.25, 0.3) is 0 Å². The molecule has 0 heterocycles. The molecule has 0 radical (unpaired) electrons. The van der Waals surface area contributed by atoms with Gasteiger partial charge in [0.15, 0.2) is 0 Å². The Morgan fingerprint density at radius 2 is 0.964 bits per heavy atom. The van der Waals surface area contributed by atoms with Crippen molar-refractivity contribution < 1.29 is 39.6 Å². The summed E-state index contributed by atoms with van der Waals surface area (Å²) in [6.07, 6.45) is -2.75. The van der Waals surface area contributed by atoms with Crippen molar-refractivity contribution in [3.8, 4) is 0 Å². The molecule has 1 saturated carbocycles. The molecule has 14 nitrogen and oxygen atoms in total. The molecule has 1 fully saturated rings. The second kappa shape index (κ2) is 11.5. The lowest BCUT2D eigenvalue weighted by Gasteiger charge is -2.59. The average molecular weight is 414 g/mol. The maximum Gasteiger partial charge on any atom is 0.304 e. The molecule has 1 rings (SSSR count). The summed E-state index contributed by atoms with van der Waals surface area (Å²) in [5.74, 6) is -5.57. The summed E-state index contributed by atoms with van der Waals surface area (Å²) in [5, 5.41) is 37.0. The van der Waals surface area contributed by atoms with Gasteiger partial charge in [-0.3, -0.25) is 19.2 Å². The SMILES string of the molecule is N.N.N.N.NC1(N)CCCC(CC(=O)O)(CC(=O)O)C1(CC(=O)O)CC(=O)O. The zero-order valence-corrected chi connectivity index (χ0v) is 15.9. The normalized spacial score (nSPS) is 17.9.